The van der Waals surface area contributed by atoms with Crippen molar-refractivity contribution in [3.63, 3.8) is 0 Å². The van der Waals surface area contributed by atoms with E-state index in [-0.39, 0.29) is 5.69 Å². The molecule has 1 N–H and O–H groups in total. The highest BCUT2D eigenvalue weighted by Crippen LogP contribution is 2.31. The number of halogens is 3. The molecule has 0 atom stereocenters. The number of rotatable bonds is 4. The van der Waals surface area contributed by atoms with E-state index < -0.39 is 28.8 Å². The van der Waals surface area contributed by atoms with Crippen LogP contribution in [0.3, 0.4) is 0 Å². The number of para-hydroxylation sites is 2. The predicted octanol–water partition coefficient (Wildman–Crippen LogP) is 4.41. The van der Waals surface area contributed by atoms with Crippen LogP contribution >= 0.6 is 0 Å². The Bertz CT molecular complexity index is 1210. The van der Waals surface area contributed by atoms with Gasteiger partial charge in [-0.1, -0.05) is 18.2 Å². The highest BCUT2D eigenvalue weighted by atomic mass is 19.4. The Kier molecular flexibility index (Phi) is 5.73. The average Bonchev–Trinajstić information content (AvgIpc) is 3.28. The van der Waals surface area contributed by atoms with Gasteiger partial charge in [-0.2, -0.15) is 18.3 Å². The standard InChI is InChI=1S/C23H21F3N4O2/c1-15-13-20(31)21(28-30(15)17-8-6-7-16(14-17)23(24,25)26)22(32)27-18-9-2-3-10-19(18)29-11-4-5-12-29/h2-3,6-10,13-14H,4-5,11-12H2,1H3,(H,27,32). The van der Waals surface area contributed by atoms with Crippen LogP contribution in [0, 0.1) is 6.92 Å². The smallest absolute Gasteiger partial charge is 0.370 e. The summed E-state index contributed by atoms with van der Waals surface area (Å²) in [7, 11) is 0. The van der Waals surface area contributed by atoms with E-state index in [1.807, 2.05) is 12.1 Å². The predicted molar refractivity (Wildman–Crippen MR) is 115 cm³/mol. The summed E-state index contributed by atoms with van der Waals surface area (Å²) in [4.78, 5) is 27.6. The second kappa shape index (κ2) is 8.49. The van der Waals surface area contributed by atoms with Crippen LogP contribution in [0.1, 0.15) is 34.6 Å². The highest BCUT2D eigenvalue weighted by molar-refractivity contribution is 6.04. The lowest BCUT2D eigenvalue weighted by Gasteiger charge is -2.21. The molecule has 0 aliphatic carbocycles. The molecule has 2 aromatic carbocycles. The molecular formula is C23H21F3N4O2. The molecular weight excluding hydrogens is 421 g/mol. The fraction of sp³-hybridized carbons (Fsp3) is 0.261. The minimum atomic E-state index is -4.53. The monoisotopic (exact) mass is 442 g/mol. The summed E-state index contributed by atoms with van der Waals surface area (Å²) in [5, 5.41) is 6.84. The second-order valence-electron chi connectivity index (χ2n) is 7.62. The van der Waals surface area contributed by atoms with Crippen molar-refractivity contribution in [2.24, 2.45) is 0 Å². The van der Waals surface area contributed by atoms with Crippen LogP contribution < -0.4 is 15.6 Å². The number of hydrogen-bond donors (Lipinski definition) is 1. The molecule has 2 heterocycles. The Morgan fingerprint density at radius 1 is 1.03 bits per heavy atom. The zero-order valence-electron chi connectivity index (χ0n) is 17.3. The molecule has 1 amide bonds. The van der Waals surface area contributed by atoms with Crippen molar-refractivity contribution >= 4 is 17.3 Å². The van der Waals surface area contributed by atoms with Gasteiger partial charge in [0.25, 0.3) is 5.91 Å². The van der Waals surface area contributed by atoms with Crippen LogP contribution in [0.5, 0.6) is 0 Å². The average molecular weight is 442 g/mol. The lowest BCUT2D eigenvalue weighted by Crippen LogP contribution is -2.28. The number of hydrogen-bond acceptors (Lipinski definition) is 4. The maximum atomic E-state index is 13.1. The summed E-state index contributed by atoms with van der Waals surface area (Å²) in [6, 6.07) is 13.0. The van der Waals surface area contributed by atoms with Crippen LogP contribution in [-0.2, 0) is 6.18 Å². The van der Waals surface area contributed by atoms with E-state index in [1.165, 1.54) is 18.2 Å². The Morgan fingerprint density at radius 2 is 1.75 bits per heavy atom. The largest absolute Gasteiger partial charge is 0.416 e. The number of amides is 1. The zero-order chi connectivity index (χ0) is 22.9. The van der Waals surface area contributed by atoms with Crippen LogP contribution in [0.2, 0.25) is 0 Å². The van der Waals surface area contributed by atoms with E-state index >= 15 is 0 Å². The highest BCUT2D eigenvalue weighted by Gasteiger charge is 2.30. The summed E-state index contributed by atoms with van der Waals surface area (Å²) >= 11 is 0. The number of aromatic nitrogens is 2. The van der Waals surface area contributed by atoms with Gasteiger partial charge in [0.05, 0.1) is 22.6 Å². The maximum Gasteiger partial charge on any atom is 0.416 e. The summed E-state index contributed by atoms with van der Waals surface area (Å²) in [6.45, 7) is 3.29. The first-order valence-electron chi connectivity index (χ1n) is 10.2. The quantitative estimate of drug-likeness (QED) is 0.650. The molecule has 0 radical (unpaired) electrons. The van der Waals surface area contributed by atoms with Gasteiger partial charge in [0.1, 0.15) is 0 Å². The molecule has 0 unspecified atom stereocenters. The van der Waals surface area contributed by atoms with Crippen molar-refractivity contribution in [1.29, 1.82) is 0 Å². The van der Waals surface area contributed by atoms with E-state index in [4.69, 9.17) is 0 Å². The third-order valence-electron chi connectivity index (χ3n) is 5.34. The van der Waals surface area contributed by atoms with Gasteiger partial charge in [0.15, 0.2) is 5.69 Å². The van der Waals surface area contributed by atoms with Crippen molar-refractivity contribution in [3.8, 4) is 5.69 Å². The molecule has 1 fully saturated rings. The molecule has 3 aromatic rings. The van der Waals surface area contributed by atoms with E-state index in [0.29, 0.717) is 11.4 Å². The molecule has 1 aliphatic heterocycles. The van der Waals surface area contributed by atoms with Crippen LogP contribution in [-0.4, -0.2) is 28.8 Å². The Labute approximate surface area is 182 Å². The summed E-state index contributed by atoms with van der Waals surface area (Å²) in [5.41, 5.74) is -0.0470. The molecule has 32 heavy (non-hydrogen) atoms. The third kappa shape index (κ3) is 4.37. The number of alkyl halides is 3. The maximum absolute atomic E-state index is 13.1. The Balaban J connectivity index is 1.69. The van der Waals surface area contributed by atoms with Crippen molar-refractivity contribution in [2.45, 2.75) is 25.9 Å². The van der Waals surface area contributed by atoms with Gasteiger partial charge >= 0.3 is 6.18 Å². The van der Waals surface area contributed by atoms with Gasteiger partial charge in [-0.15, -0.1) is 0 Å². The van der Waals surface area contributed by atoms with Crippen molar-refractivity contribution in [3.05, 3.63) is 81.8 Å². The second-order valence-corrected chi connectivity index (χ2v) is 7.62. The van der Waals surface area contributed by atoms with Crippen molar-refractivity contribution in [2.75, 3.05) is 23.3 Å². The Morgan fingerprint density at radius 3 is 2.47 bits per heavy atom. The number of carbonyl (C=O) groups is 1. The van der Waals surface area contributed by atoms with Gasteiger partial charge in [0, 0.05) is 24.8 Å². The molecule has 0 spiro atoms. The SMILES string of the molecule is Cc1cc(=O)c(C(=O)Nc2ccccc2N2CCCC2)nn1-c1cccc(C(F)(F)F)c1. The van der Waals surface area contributed by atoms with E-state index in [9.17, 15) is 22.8 Å². The summed E-state index contributed by atoms with van der Waals surface area (Å²) < 4.78 is 40.5. The number of benzene rings is 2. The fourth-order valence-corrected chi connectivity index (χ4v) is 3.77. The number of carbonyl (C=O) groups excluding carboxylic acids is 1. The molecule has 1 aliphatic rings. The first-order chi connectivity index (χ1) is 15.2. The van der Waals surface area contributed by atoms with Crippen LogP contribution in [0.15, 0.2) is 59.4 Å². The van der Waals surface area contributed by atoms with Crippen LogP contribution in [0.25, 0.3) is 5.69 Å². The third-order valence-corrected chi connectivity index (χ3v) is 5.34. The van der Waals surface area contributed by atoms with E-state index in [1.54, 1.807) is 19.1 Å². The Hall–Kier alpha value is -3.62. The van der Waals surface area contributed by atoms with Gasteiger partial charge in [-0.05, 0) is 50.1 Å². The van der Waals surface area contributed by atoms with Crippen molar-refractivity contribution in [1.82, 2.24) is 9.78 Å². The zero-order valence-corrected chi connectivity index (χ0v) is 17.3. The number of anilines is 2. The van der Waals surface area contributed by atoms with E-state index in [0.717, 1.165) is 48.4 Å². The molecule has 1 aromatic heterocycles. The van der Waals surface area contributed by atoms with Gasteiger partial charge < -0.3 is 10.2 Å². The fourth-order valence-electron chi connectivity index (χ4n) is 3.77. The lowest BCUT2D eigenvalue weighted by atomic mass is 10.2. The molecule has 9 heteroatoms. The summed E-state index contributed by atoms with van der Waals surface area (Å²) in [5.74, 6) is -0.720. The number of aryl methyl sites for hydroxylation is 1. The molecule has 1 saturated heterocycles. The minimum Gasteiger partial charge on any atom is -0.370 e. The molecule has 166 valence electrons. The molecule has 0 saturated carbocycles. The van der Waals surface area contributed by atoms with Crippen LogP contribution in [0.4, 0.5) is 24.5 Å². The normalized spacial score (nSPS) is 13.9. The molecule has 6 nitrogen and oxygen atoms in total. The number of nitrogens with one attached hydrogen (secondary N) is 1. The number of nitrogens with zero attached hydrogens (tertiary/aromatic N) is 3. The van der Waals surface area contributed by atoms with Crippen molar-refractivity contribution < 1.29 is 18.0 Å². The first kappa shape index (κ1) is 21.6. The van der Waals surface area contributed by atoms with Gasteiger partial charge in [0.2, 0.25) is 5.43 Å². The van der Waals surface area contributed by atoms with Gasteiger partial charge in [-0.25, -0.2) is 4.68 Å². The molecule has 4 rings (SSSR count). The van der Waals surface area contributed by atoms with Gasteiger partial charge in [-0.3, -0.25) is 9.59 Å². The first-order valence-corrected chi connectivity index (χ1v) is 10.2. The topological polar surface area (TPSA) is 67.2 Å². The minimum absolute atomic E-state index is 0.101. The lowest BCUT2D eigenvalue weighted by molar-refractivity contribution is -0.137. The summed E-state index contributed by atoms with van der Waals surface area (Å²) in [6.07, 6.45) is -2.41. The molecule has 0 bridgehead atoms. The van der Waals surface area contributed by atoms with E-state index in [2.05, 4.69) is 15.3 Å².